The summed E-state index contributed by atoms with van der Waals surface area (Å²) >= 11 is 0. The van der Waals surface area contributed by atoms with E-state index in [0.717, 1.165) is 23.8 Å². The van der Waals surface area contributed by atoms with E-state index < -0.39 is 39.5 Å². The van der Waals surface area contributed by atoms with Gasteiger partial charge in [0.25, 0.3) is 23.2 Å². The number of rotatable bonds is 26. The lowest BCUT2D eigenvalue weighted by Gasteiger charge is -2.27. The predicted octanol–water partition coefficient (Wildman–Crippen LogP) is 2.60. The summed E-state index contributed by atoms with van der Waals surface area (Å²) < 4.78 is 27.3. The second kappa shape index (κ2) is 22.1. The number of nitrogens with zero attached hydrogens (tertiary/aromatic N) is 3. The Morgan fingerprint density at radius 2 is 1.40 bits per heavy atom. The molecule has 20 nitrogen and oxygen atoms in total. The molecule has 0 saturated carbocycles. The van der Waals surface area contributed by atoms with E-state index in [9.17, 15) is 44.2 Å². The summed E-state index contributed by atoms with van der Waals surface area (Å²) in [5, 5.41) is 29.7. The van der Waals surface area contributed by atoms with Crippen molar-refractivity contribution in [3.05, 3.63) is 67.8 Å². The fraction of sp³-hybridized carbons (Fsp3) is 0.514. The number of benzene rings is 2. The number of nitrogens with one attached hydrogen (secondary N) is 3. The lowest BCUT2D eigenvalue weighted by Crippen LogP contribution is -2.54. The molecular weight excluding hydrogens is 728 g/mol. The Bertz CT molecular complexity index is 1710. The van der Waals surface area contributed by atoms with Crippen molar-refractivity contribution < 1.29 is 57.5 Å². The Labute approximate surface area is 315 Å². The molecule has 2 aliphatic rings. The quantitative estimate of drug-likeness (QED) is 0.0537. The summed E-state index contributed by atoms with van der Waals surface area (Å²) in [6.07, 6.45) is 2.31. The van der Waals surface area contributed by atoms with Gasteiger partial charge in [-0.25, -0.2) is 0 Å². The van der Waals surface area contributed by atoms with E-state index in [1.165, 1.54) is 24.3 Å². The molecule has 2 heterocycles. The SMILES string of the molecule is O=C1CCC(N2C(=O)c3cccc(NC(=O)CCCCCOCCOCCOCCOCCOCCNc4ccc([N+](=O)[O-])cc4[N+](=O)[O-])c3C2=O)C(=O)N1. The topological polar surface area (TPSA) is 257 Å². The van der Waals surface area contributed by atoms with Crippen LogP contribution in [0.2, 0.25) is 0 Å². The Morgan fingerprint density at radius 3 is 2.02 bits per heavy atom. The highest BCUT2D eigenvalue weighted by Crippen LogP contribution is 2.33. The van der Waals surface area contributed by atoms with Crippen LogP contribution in [-0.4, -0.2) is 123 Å². The molecule has 4 rings (SSSR count). The van der Waals surface area contributed by atoms with Crippen LogP contribution >= 0.6 is 0 Å². The van der Waals surface area contributed by atoms with Crippen LogP contribution in [-0.2, 0) is 38.1 Å². The summed E-state index contributed by atoms with van der Waals surface area (Å²) in [6.45, 7) is 3.97. The molecule has 0 aromatic heterocycles. The largest absolute Gasteiger partial charge is 0.379 e. The first-order valence-electron chi connectivity index (χ1n) is 17.8. The number of imide groups is 2. The normalized spacial score (nSPS) is 15.2. The molecule has 3 N–H and O–H groups in total. The van der Waals surface area contributed by atoms with Gasteiger partial charge in [-0.1, -0.05) is 12.5 Å². The van der Waals surface area contributed by atoms with Gasteiger partial charge >= 0.3 is 0 Å². The van der Waals surface area contributed by atoms with Crippen LogP contribution in [0.15, 0.2) is 36.4 Å². The number of unbranched alkanes of at least 4 members (excludes halogenated alkanes) is 2. The second-order valence-electron chi connectivity index (χ2n) is 12.2. The number of hydrogen-bond donors (Lipinski definition) is 3. The number of nitro benzene ring substituents is 2. The van der Waals surface area contributed by atoms with Crippen molar-refractivity contribution in [1.82, 2.24) is 10.2 Å². The molecule has 1 atom stereocenters. The lowest BCUT2D eigenvalue weighted by molar-refractivity contribution is -0.393. The number of piperidine rings is 1. The number of anilines is 2. The zero-order chi connectivity index (χ0) is 39.6. The van der Waals surface area contributed by atoms with Crippen molar-refractivity contribution in [3.8, 4) is 0 Å². The van der Waals surface area contributed by atoms with Crippen LogP contribution in [0.5, 0.6) is 0 Å². The van der Waals surface area contributed by atoms with Gasteiger partial charge in [-0.05, 0) is 37.5 Å². The molecule has 0 aliphatic carbocycles. The van der Waals surface area contributed by atoms with Crippen molar-refractivity contribution in [2.24, 2.45) is 0 Å². The average molecular weight is 773 g/mol. The van der Waals surface area contributed by atoms with Crippen LogP contribution in [0.4, 0.5) is 22.7 Å². The molecule has 2 aromatic carbocycles. The Kier molecular flexibility index (Phi) is 17.0. The molecule has 1 unspecified atom stereocenters. The Hall–Kier alpha value is -5.41. The van der Waals surface area contributed by atoms with Gasteiger partial charge in [-0.3, -0.25) is 54.4 Å². The number of ether oxygens (including phenoxy) is 5. The number of non-ortho nitro benzene ring substituents is 1. The molecule has 2 aromatic rings. The van der Waals surface area contributed by atoms with E-state index in [2.05, 4.69) is 16.0 Å². The number of hydrogen-bond acceptors (Lipinski definition) is 15. The number of fused-ring (bicyclic) bond motifs is 1. The molecule has 0 spiro atoms. The van der Waals surface area contributed by atoms with E-state index in [1.54, 1.807) is 6.07 Å². The monoisotopic (exact) mass is 772 g/mol. The summed E-state index contributed by atoms with van der Waals surface area (Å²) in [7, 11) is 0. The lowest BCUT2D eigenvalue weighted by atomic mass is 10.0. The van der Waals surface area contributed by atoms with Crippen molar-refractivity contribution in [1.29, 1.82) is 0 Å². The van der Waals surface area contributed by atoms with Crippen LogP contribution in [0.3, 0.4) is 0 Å². The highest BCUT2D eigenvalue weighted by atomic mass is 16.6. The van der Waals surface area contributed by atoms with E-state index >= 15 is 0 Å². The maximum Gasteiger partial charge on any atom is 0.299 e. The highest BCUT2D eigenvalue weighted by molar-refractivity contribution is 6.26. The van der Waals surface area contributed by atoms with Gasteiger partial charge in [-0.2, -0.15) is 0 Å². The number of nitro groups is 2. The van der Waals surface area contributed by atoms with Crippen LogP contribution in [0.25, 0.3) is 0 Å². The number of carbonyl (C=O) groups is 5. The molecule has 20 heteroatoms. The summed E-state index contributed by atoms with van der Waals surface area (Å²) in [5.41, 5.74) is -0.255. The van der Waals surface area contributed by atoms with E-state index in [4.69, 9.17) is 23.7 Å². The molecule has 298 valence electrons. The third-order valence-electron chi connectivity index (χ3n) is 8.37. The maximum atomic E-state index is 13.2. The van der Waals surface area contributed by atoms with Crippen molar-refractivity contribution in [2.75, 3.05) is 83.2 Å². The van der Waals surface area contributed by atoms with Crippen LogP contribution < -0.4 is 16.0 Å². The highest BCUT2D eigenvalue weighted by Gasteiger charge is 2.45. The van der Waals surface area contributed by atoms with Crippen molar-refractivity contribution in [3.63, 3.8) is 0 Å². The van der Waals surface area contributed by atoms with Gasteiger partial charge in [0.15, 0.2) is 0 Å². The molecule has 1 fully saturated rings. The van der Waals surface area contributed by atoms with Crippen LogP contribution in [0.1, 0.15) is 59.2 Å². The molecule has 0 radical (unpaired) electrons. The predicted molar refractivity (Wildman–Crippen MR) is 193 cm³/mol. The van der Waals surface area contributed by atoms with Crippen molar-refractivity contribution >= 4 is 52.3 Å². The minimum atomic E-state index is -1.09. The molecule has 1 saturated heterocycles. The van der Waals surface area contributed by atoms with Crippen molar-refractivity contribution in [2.45, 2.75) is 44.6 Å². The third-order valence-corrected chi connectivity index (χ3v) is 8.37. The summed E-state index contributed by atoms with van der Waals surface area (Å²) in [4.78, 5) is 84.1. The molecule has 55 heavy (non-hydrogen) atoms. The zero-order valence-electron chi connectivity index (χ0n) is 30.1. The first-order valence-corrected chi connectivity index (χ1v) is 17.8. The van der Waals surface area contributed by atoms with Gasteiger partial charge in [0.05, 0.1) is 92.2 Å². The van der Waals surface area contributed by atoms with E-state index in [1.807, 2.05) is 0 Å². The first kappa shape index (κ1) is 42.3. The second-order valence-corrected chi connectivity index (χ2v) is 12.2. The fourth-order valence-electron chi connectivity index (χ4n) is 5.67. The number of carbonyl (C=O) groups excluding carboxylic acids is 5. The van der Waals surface area contributed by atoms with Gasteiger partial charge in [0, 0.05) is 32.1 Å². The maximum absolute atomic E-state index is 13.2. The minimum Gasteiger partial charge on any atom is -0.379 e. The van der Waals surface area contributed by atoms with Gasteiger partial charge < -0.3 is 34.3 Å². The minimum absolute atomic E-state index is 0.0152. The molecule has 5 amide bonds. The molecule has 0 bridgehead atoms. The third kappa shape index (κ3) is 12.9. The smallest absolute Gasteiger partial charge is 0.299 e. The molecule has 2 aliphatic heterocycles. The number of amides is 5. The average Bonchev–Trinajstić information content (AvgIpc) is 3.41. The fourth-order valence-corrected chi connectivity index (χ4v) is 5.67. The first-order chi connectivity index (χ1) is 26.6. The van der Waals surface area contributed by atoms with Gasteiger partial charge in [0.1, 0.15) is 11.7 Å². The van der Waals surface area contributed by atoms with Gasteiger partial charge in [-0.15, -0.1) is 0 Å². The molecular formula is C35H44N6O14. The van der Waals surface area contributed by atoms with E-state index in [0.29, 0.717) is 65.9 Å². The van der Waals surface area contributed by atoms with Crippen LogP contribution in [0, 0.1) is 20.2 Å². The Morgan fingerprint density at radius 1 is 0.764 bits per heavy atom. The Balaban J connectivity index is 0.931. The standard InChI is InChI=1S/C35H44N6O14/c42-30(37-27-6-4-5-25-32(27)35(46)39(34(25)45)28-10-11-31(43)38-33(28)44)7-2-1-3-13-51-15-17-53-19-21-55-22-20-54-18-16-52-14-12-36-26-9-8-24(40(47)48)23-29(26)41(49)50/h4-6,8-9,23,28,36H,1-3,7,10-22H2,(H,37,42)(H,38,43,44). The van der Waals surface area contributed by atoms with E-state index in [-0.39, 0.29) is 72.2 Å². The summed E-state index contributed by atoms with van der Waals surface area (Å²) in [6, 6.07) is 6.84. The summed E-state index contributed by atoms with van der Waals surface area (Å²) in [5.74, 6) is -2.80. The van der Waals surface area contributed by atoms with Gasteiger partial charge in [0.2, 0.25) is 17.7 Å². The zero-order valence-corrected chi connectivity index (χ0v) is 30.1.